The fourth-order valence-corrected chi connectivity index (χ4v) is 3.73. The minimum Gasteiger partial charge on any atom is -0.225 e. The molecule has 2 aromatic carbocycles. The van der Waals surface area contributed by atoms with Gasteiger partial charge in [0.25, 0.3) is 0 Å². The number of nitrogens with two attached hydrogens (primary N) is 1. The van der Waals surface area contributed by atoms with E-state index in [1.807, 2.05) is 0 Å². The van der Waals surface area contributed by atoms with E-state index in [0.717, 1.165) is 0 Å². The molecular weight excluding hydrogens is 324 g/mol. The fraction of sp³-hybridized carbons (Fsp3) is 0.143. The maximum absolute atomic E-state index is 11.8. The van der Waals surface area contributed by atoms with Gasteiger partial charge in [-0.2, -0.15) is 0 Å². The Hall–Kier alpha value is -1.74. The molecule has 6 nitrogen and oxygen atoms in total. The van der Waals surface area contributed by atoms with E-state index >= 15 is 0 Å². The monoisotopic (exact) mass is 340 g/mol. The zero-order valence-electron chi connectivity index (χ0n) is 12.1. The quantitative estimate of drug-likeness (QED) is 0.872. The van der Waals surface area contributed by atoms with Crippen LogP contribution in [0.4, 0.5) is 0 Å². The maximum Gasteiger partial charge on any atom is 0.240 e. The Morgan fingerprint density at radius 1 is 0.955 bits per heavy atom. The Morgan fingerprint density at radius 2 is 1.59 bits per heavy atom. The van der Waals surface area contributed by atoms with E-state index in [-0.39, 0.29) is 9.79 Å². The summed E-state index contributed by atoms with van der Waals surface area (Å²) in [4.78, 5) is 0.117. The molecule has 0 heterocycles. The predicted octanol–water partition coefficient (Wildman–Crippen LogP) is 1.22. The molecule has 0 aliphatic heterocycles. The Balaban J connectivity index is 2.67. The van der Waals surface area contributed by atoms with Crippen LogP contribution in [0.5, 0.6) is 0 Å². The van der Waals surface area contributed by atoms with Crippen LogP contribution in [0.15, 0.2) is 52.3 Å². The molecule has 0 aromatic heterocycles. The van der Waals surface area contributed by atoms with Gasteiger partial charge < -0.3 is 0 Å². The van der Waals surface area contributed by atoms with Crippen LogP contribution in [0.2, 0.25) is 0 Å². The van der Waals surface area contributed by atoms with Crippen molar-refractivity contribution in [3.8, 4) is 11.1 Å². The summed E-state index contributed by atoms with van der Waals surface area (Å²) in [5.41, 5.74) is 1.68. The highest BCUT2D eigenvalue weighted by Crippen LogP contribution is 2.30. The van der Waals surface area contributed by atoms with Gasteiger partial charge in [0, 0.05) is 5.56 Å². The first kappa shape index (κ1) is 16.6. The number of benzene rings is 2. The van der Waals surface area contributed by atoms with Crippen molar-refractivity contribution in [3.05, 3.63) is 48.0 Å². The zero-order valence-corrected chi connectivity index (χ0v) is 13.7. The van der Waals surface area contributed by atoms with Gasteiger partial charge in [-0.1, -0.05) is 24.3 Å². The molecule has 0 unspecified atom stereocenters. The number of hydrogen-bond acceptors (Lipinski definition) is 4. The summed E-state index contributed by atoms with van der Waals surface area (Å²) < 4.78 is 49.2. The Morgan fingerprint density at radius 3 is 2.14 bits per heavy atom. The molecule has 118 valence electrons. The van der Waals surface area contributed by atoms with E-state index in [1.54, 1.807) is 31.2 Å². The van der Waals surface area contributed by atoms with Crippen LogP contribution in [-0.2, 0) is 20.0 Å². The second-order valence-electron chi connectivity index (χ2n) is 4.73. The van der Waals surface area contributed by atoms with E-state index in [0.29, 0.717) is 16.7 Å². The van der Waals surface area contributed by atoms with Gasteiger partial charge in [-0.15, -0.1) is 0 Å². The van der Waals surface area contributed by atoms with Gasteiger partial charge in [-0.3, -0.25) is 0 Å². The van der Waals surface area contributed by atoms with Crippen LogP contribution >= 0.6 is 0 Å². The molecule has 0 radical (unpaired) electrons. The van der Waals surface area contributed by atoms with E-state index in [2.05, 4.69) is 4.72 Å². The molecule has 3 N–H and O–H groups in total. The molecule has 0 amide bonds. The molecule has 2 aromatic rings. The molecule has 0 bridgehead atoms. The summed E-state index contributed by atoms with van der Waals surface area (Å²) in [6, 6.07) is 10.8. The molecular formula is C14H16N2O4S2. The third-order valence-electron chi connectivity index (χ3n) is 3.26. The minimum absolute atomic E-state index is 0.00215. The highest BCUT2D eigenvalue weighted by molar-refractivity contribution is 7.89. The van der Waals surface area contributed by atoms with Crippen molar-refractivity contribution in [1.82, 2.24) is 4.72 Å². The van der Waals surface area contributed by atoms with Crippen molar-refractivity contribution in [1.29, 1.82) is 0 Å². The fourth-order valence-electron chi connectivity index (χ4n) is 2.16. The molecule has 0 aliphatic rings. The zero-order chi connectivity index (χ0) is 16.5. The largest absolute Gasteiger partial charge is 0.240 e. The maximum atomic E-state index is 11.8. The van der Waals surface area contributed by atoms with Gasteiger partial charge in [0.15, 0.2) is 0 Å². The molecule has 2 rings (SSSR count). The Bertz CT molecular complexity index is 920. The summed E-state index contributed by atoms with van der Waals surface area (Å²) in [5, 5.41) is 5.23. The van der Waals surface area contributed by atoms with Gasteiger partial charge in [-0.05, 0) is 43.3 Å². The number of nitrogens with one attached hydrogen (secondary N) is 1. The first-order valence-corrected chi connectivity index (χ1v) is 9.36. The molecule has 0 fully saturated rings. The normalized spacial score (nSPS) is 12.3. The number of sulfonamides is 2. The van der Waals surface area contributed by atoms with Gasteiger partial charge in [0.1, 0.15) is 0 Å². The minimum atomic E-state index is -3.87. The predicted molar refractivity (Wildman–Crippen MR) is 84.2 cm³/mol. The topological polar surface area (TPSA) is 106 Å². The second kappa shape index (κ2) is 5.81. The van der Waals surface area contributed by atoms with Gasteiger partial charge in [0.05, 0.1) is 9.79 Å². The summed E-state index contributed by atoms with van der Waals surface area (Å²) in [5.74, 6) is 0. The molecule has 0 saturated carbocycles. The summed E-state index contributed by atoms with van der Waals surface area (Å²) in [6.07, 6.45) is 0. The Kier molecular flexibility index (Phi) is 4.39. The van der Waals surface area contributed by atoms with Crippen LogP contribution in [0.25, 0.3) is 11.1 Å². The molecule has 8 heteroatoms. The van der Waals surface area contributed by atoms with Crippen LogP contribution in [0, 0.1) is 6.92 Å². The summed E-state index contributed by atoms with van der Waals surface area (Å²) >= 11 is 0. The van der Waals surface area contributed by atoms with Crippen molar-refractivity contribution in [2.75, 3.05) is 7.05 Å². The van der Waals surface area contributed by atoms with Gasteiger partial charge >= 0.3 is 0 Å². The number of aryl methyl sites for hydroxylation is 1. The van der Waals surface area contributed by atoms with Crippen LogP contribution < -0.4 is 9.86 Å². The van der Waals surface area contributed by atoms with E-state index in [9.17, 15) is 16.8 Å². The first-order chi connectivity index (χ1) is 10.2. The SMILES string of the molecule is CNS(=O)(=O)c1ccc(-c2ccccc2S(N)(=O)=O)c(C)c1. The highest BCUT2D eigenvalue weighted by Gasteiger charge is 2.18. The Labute approximate surface area is 130 Å². The van der Waals surface area contributed by atoms with Crippen LogP contribution in [0.1, 0.15) is 5.56 Å². The lowest BCUT2D eigenvalue weighted by molar-refractivity contribution is 0.588. The van der Waals surface area contributed by atoms with E-state index in [4.69, 9.17) is 5.14 Å². The third-order valence-corrected chi connectivity index (χ3v) is 5.64. The molecule has 0 atom stereocenters. The van der Waals surface area contributed by atoms with Crippen molar-refractivity contribution in [3.63, 3.8) is 0 Å². The lowest BCUT2D eigenvalue weighted by atomic mass is 10.0. The summed E-state index contributed by atoms with van der Waals surface area (Å²) in [7, 11) is -6.10. The van der Waals surface area contributed by atoms with Gasteiger partial charge in [0.2, 0.25) is 20.0 Å². The molecule has 0 aliphatic carbocycles. The molecule has 0 saturated heterocycles. The van der Waals surface area contributed by atoms with Crippen molar-refractivity contribution in [2.45, 2.75) is 16.7 Å². The highest BCUT2D eigenvalue weighted by atomic mass is 32.2. The lowest BCUT2D eigenvalue weighted by Crippen LogP contribution is -2.18. The average Bonchev–Trinajstić information content (AvgIpc) is 2.46. The number of hydrogen-bond donors (Lipinski definition) is 2. The second-order valence-corrected chi connectivity index (χ2v) is 8.14. The van der Waals surface area contributed by atoms with Gasteiger partial charge in [-0.25, -0.2) is 26.7 Å². The standard InChI is InChI=1S/C14H16N2O4S2/c1-10-9-11(22(19,20)16-2)7-8-12(10)13-5-3-4-6-14(13)21(15,17)18/h3-9,16H,1-2H3,(H2,15,17,18). The van der Waals surface area contributed by atoms with Crippen molar-refractivity contribution in [2.24, 2.45) is 5.14 Å². The average molecular weight is 340 g/mol. The van der Waals surface area contributed by atoms with Crippen molar-refractivity contribution < 1.29 is 16.8 Å². The molecule has 0 spiro atoms. The first-order valence-electron chi connectivity index (χ1n) is 6.33. The summed E-state index contributed by atoms with van der Waals surface area (Å²) in [6.45, 7) is 1.71. The lowest BCUT2D eigenvalue weighted by Gasteiger charge is -2.12. The molecule has 22 heavy (non-hydrogen) atoms. The van der Waals surface area contributed by atoms with Crippen molar-refractivity contribution >= 4 is 20.0 Å². The number of rotatable bonds is 4. The number of primary sulfonamides is 1. The van der Waals surface area contributed by atoms with Crippen LogP contribution in [-0.4, -0.2) is 23.9 Å². The van der Waals surface area contributed by atoms with E-state index in [1.165, 1.54) is 25.2 Å². The third kappa shape index (κ3) is 3.20. The van der Waals surface area contributed by atoms with Crippen LogP contribution in [0.3, 0.4) is 0 Å². The van der Waals surface area contributed by atoms with E-state index < -0.39 is 20.0 Å². The smallest absolute Gasteiger partial charge is 0.225 e.